The van der Waals surface area contributed by atoms with Crippen LogP contribution in [0.1, 0.15) is 168 Å². The summed E-state index contributed by atoms with van der Waals surface area (Å²) < 4.78 is 13.6. The van der Waals surface area contributed by atoms with E-state index in [0.717, 1.165) is 32.1 Å². The Morgan fingerprint density at radius 1 is 0.564 bits per heavy atom. The number of ether oxygens (including phenoxy) is 2. The number of allylic oxidation sites excluding steroid dienone is 4. The van der Waals surface area contributed by atoms with Gasteiger partial charge in [-0.25, -0.2) is 0 Å². The van der Waals surface area contributed by atoms with E-state index < -0.39 is 0 Å². The SMILES string of the molecule is CCCCCC=CCC=CCCCCCCCCC1(CCCCCCCCCC)OC2CC(N(C)C)CC2O1. The Labute approximate surface area is 244 Å². The first-order valence-corrected chi connectivity index (χ1v) is 17.4. The summed E-state index contributed by atoms with van der Waals surface area (Å²) >= 11 is 0. The van der Waals surface area contributed by atoms with Gasteiger partial charge in [0.05, 0.1) is 12.2 Å². The fourth-order valence-corrected chi connectivity index (χ4v) is 6.46. The molecule has 0 aromatic heterocycles. The van der Waals surface area contributed by atoms with Crippen molar-refractivity contribution in [1.29, 1.82) is 0 Å². The Morgan fingerprint density at radius 3 is 1.46 bits per heavy atom. The summed E-state index contributed by atoms with van der Waals surface area (Å²) in [6.07, 6.45) is 41.1. The largest absolute Gasteiger partial charge is 0.344 e. The molecule has 2 aliphatic rings. The summed E-state index contributed by atoms with van der Waals surface area (Å²) in [6, 6.07) is 0.614. The second-order valence-electron chi connectivity index (χ2n) is 12.9. The second kappa shape index (κ2) is 22.0. The lowest BCUT2D eigenvalue weighted by Gasteiger charge is -2.31. The summed E-state index contributed by atoms with van der Waals surface area (Å²) in [7, 11) is 4.40. The molecule has 2 atom stereocenters. The molecule has 39 heavy (non-hydrogen) atoms. The van der Waals surface area contributed by atoms with E-state index in [1.807, 2.05) is 0 Å². The minimum atomic E-state index is -0.288. The van der Waals surface area contributed by atoms with E-state index in [1.165, 1.54) is 122 Å². The van der Waals surface area contributed by atoms with Crippen LogP contribution in [0.3, 0.4) is 0 Å². The zero-order valence-electron chi connectivity index (χ0n) is 26.8. The zero-order valence-corrected chi connectivity index (χ0v) is 26.8. The minimum absolute atomic E-state index is 0.288. The fourth-order valence-electron chi connectivity index (χ4n) is 6.46. The van der Waals surface area contributed by atoms with Crippen molar-refractivity contribution >= 4 is 0 Å². The number of hydrogen-bond acceptors (Lipinski definition) is 3. The molecule has 2 rings (SSSR count). The molecule has 1 saturated heterocycles. The Bertz CT molecular complexity index is 614. The lowest BCUT2D eigenvalue weighted by molar-refractivity contribution is -0.193. The molecule has 1 aliphatic carbocycles. The van der Waals surface area contributed by atoms with Gasteiger partial charge in [-0.3, -0.25) is 0 Å². The van der Waals surface area contributed by atoms with Crippen molar-refractivity contribution in [2.45, 2.75) is 192 Å². The van der Waals surface area contributed by atoms with Crippen LogP contribution in [0.15, 0.2) is 24.3 Å². The summed E-state index contributed by atoms with van der Waals surface area (Å²) in [5.41, 5.74) is 0. The normalized spacial score (nSPS) is 25.1. The van der Waals surface area contributed by atoms with Crippen LogP contribution in [0, 0.1) is 0 Å². The van der Waals surface area contributed by atoms with Crippen LogP contribution in [0.4, 0.5) is 0 Å². The van der Waals surface area contributed by atoms with Gasteiger partial charge in [-0.2, -0.15) is 0 Å². The van der Waals surface area contributed by atoms with E-state index in [1.54, 1.807) is 0 Å². The molecule has 1 aliphatic heterocycles. The first-order valence-electron chi connectivity index (χ1n) is 17.4. The molecule has 1 saturated carbocycles. The fraction of sp³-hybridized carbons (Fsp3) is 0.889. The standard InChI is InChI=1S/C36H67NO2/c1-5-7-9-11-13-15-16-17-18-19-20-21-22-24-26-28-30-36(29-27-25-23-14-12-10-8-6-2)38-34-31-33(37(3)4)32-35(34)39-36/h13,15,17-18,33-35H,5-12,14,16,19-32H2,1-4H3. The maximum atomic E-state index is 6.78. The third-order valence-corrected chi connectivity index (χ3v) is 9.06. The minimum Gasteiger partial charge on any atom is -0.344 e. The van der Waals surface area contributed by atoms with Crippen molar-refractivity contribution in [3.8, 4) is 0 Å². The molecule has 0 spiro atoms. The topological polar surface area (TPSA) is 21.7 Å². The quantitative estimate of drug-likeness (QED) is 0.0841. The van der Waals surface area contributed by atoms with Crippen molar-refractivity contribution in [3.05, 3.63) is 24.3 Å². The summed E-state index contributed by atoms with van der Waals surface area (Å²) in [5.74, 6) is -0.288. The van der Waals surface area contributed by atoms with Crippen molar-refractivity contribution in [2.24, 2.45) is 0 Å². The summed E-state index contributed by atoms with van der Waals surface area (Å²) in [6.45, 7) is 4.57. The van der Waals surface area contributed by atoms with E-state index >= 15 is 0 Å². The third-order valence-electron chi connectivity index (χ3n) is 9.06. The zero-order chi connectivity index (χ0) is 28.0. The second-order valence-corrected chi connectivity index (χ2v) is 12.9. The Hall–Kier alpha value is -0.640. The number of rotatable bonds is 25. The molecule has 2 fully saturated rings. The molecule has 0 aromatic carbocycles. The molecule has 3 nitrogen and oxygen atoms in total. The van der Waals surface area contributed by atoms with Crippen molar-refractivity contribution < 1.29 is 9.47 Å². The van der Waals surface area contributed by atoms with Crippen LogP contribution in [0.2, 0.25) is 0 Å². The number of nitrogens with zero attached hydrogens (tertiary/aromatic N) is 1. The molecule has 228 valence electrons. The predicted molar refractivity (Wildman–Crippen MR) is 170 cm³/mol. The van der Waals surface area contributed by atoms with E-state index in [2.05, 4.69) is 57.1 Å². The lowest BCUT2D eigenvalue weighted by atomic mass is 9.98. The molecule has 0 aromatic rings. The molecule has 1 heterocycles. The number of fused-ring (bicyclic) bond motifs is 1. The summed E-state index contributed by atoms with van der Waals surface area (Å²) in [5, 5.41) is 0. The molecule has 0 N–H and O–H groups in total. The van der Waals surface area contributed by atoms with Crippen LogP contribution in [-0.2, 0) is 9.47 Å². The maximum Gasteiger partial charge on any atom is 0.169 e. The van der Waals surface area contributed by atoms with Gasteiger partial charge in [0.2, 0.25) is 0 Å². The van der Waals surface area contributed by atoms with Gasteiger partial charge in [0.1, 0.15) is 0 Å². The molecular weight excluding hydrogens is 478 g/mol. The lowest BCUT2D eigenvalue weighted by Crippen LogP contribution is -2.34. The molecule has 0 radical (unpaired) electrons. The van der Waals surface area contributed by atoms with Gasteiger partial charge in [-0.1, -0.05) is 122 Å². The molecule has 3 heteroatoms. The summed E-state index contributed by atoms with van der Waals surface area (Å²) in [4.78, 5) is 2.35. The van der Waals surface area contributed by atoms with Gasteiger partial charge in [0.15, 0.2) is 5.79 Å². The van der Waals surface area contributed by atoms with E-state index in [-0.39, 0.29) is 5.79 Å². The number of hydrogen-bond donors (Lipinski definition) is 0. The van der Waals surface area contributed by atoms with Crippen LogP contribution in [-0.4, -0.2) is 43.0 Å². The van der Waals surface area contributed by atoms with Crippen LogP contribution in [0.5, 0.6) is 0 Å². The Kier molecular flexibility index (Phi) is 19.5. The molecular formula is C36H67NO2. The smallest absolute Gasteiger partial charge is 0.169 e. The van der Waals surface area contributed by atoms with Gasteiger partial charge in [-0.05, 0) is 71.9 Å². The molecule has 0 bridgehead atoms. The van der Waals surface area contributed by atoms with Gasteiger partial charge in [-0.15, -0.1) is 0 Å². The molecule has 0 amide bonds. The van der Waals surface area contributed by atoms with E-state index in [4.69, 9.17) is 9.47 Å². The number of unbranched alkanes of at least 4 members (excludes halogenated alkanes) is 16. The van der Waals surface area contributed by atoms with Gasteiger partial charge in [0.25, 0.3) is 0 Å². The highest BCUT2D eigenvalue weighted by Crippen LogP contribution is 2.44. The van der Waals surface area contributed by atoms with Crippen molar-refractivity contribution in [3.63, 3.8) is 0 Å². The van der Waals surface area contributed by atoms with Gasteiger partial charge in [0, 0.05) is 18.9 Å². The van der Waals surface area contributed by atoms with Gasteiger partial charge < -0.3 is 14.4 Å². The predicted octanol–water partition coefficient (Wildman–Crippen LogP) is 10.9. The average molecular weight is 546 g/mol. The first-order chi connectivity index (χ1) is 19.1. The highest BCUT2D eigenvalue weighted by atomic mass is 16.8. The average Bonchev–Trinajstić information content (AvgIpc) is 3.47. The van der Waals surface area contributed by atoms with Gasteiger partial charge >= 0.3 is 0 Å². The van der Waals surface area contributed by atoms with Crippen LogP contribution < -0.4 is 0 Å². The van der Waals surface area contributed by atoms with Crippen molar-refractivity contribution in [1.82, 2.24) is 4.90 Å². The van der Waals surface area contributed by atoms with Crippen LogP contribution in [0.25, 0.3) is 0 Å². The molecule has 2 unspecified atom stereocenters. The third kappa shape index (κ3) is 15.2. The van der Waals surface area contributed by atoms with Crippen molar-refractivity contribution in [2.75, 3.05) is 14.1 Å². The Balaban J connectivity index is 1.57. The van der Waals surface area contributed by atoms with E-state index in [9.17, 15) is 0 Å². The monoisotopic (exact) mass is 546 g/mol. The van der Waals surface area contributed by atoms with Crippen LogP contribution >= 0.6 is 0 Å². The highest BCUT2D eigenvalue weighted by Gasteiger charge is 2.51. The Morgan fingerprint density at radius 2 is 0.974 bits per heavy atom. The first kappa shape index (κ1) is 34.6. The van der Waals surface area contributed by atoms with E-state index in [0.29, 0.717) is 18.2 Å². The maximum absolute atomic E-state index is 6.78. The highest BCUT2D eigenvalue weighted by molar-refractivity contribution is 4.96.